The highest BCUT2D eigenvalue weighted by Crippen LogP contribution is 2.50. The number of hydrogen-bond donors (Lipinski definition) is 0. The number of fused-ring (bicyclic) bond motifs is 6. The minimum absolute atomic E-state index is 0.703. The van der Waals surface area contributed by atoms with E-state index in [1.165, 1.54) is 75.5 Å². The highest BCUT2D eigenvalue weighted by Gasteiger charge is 2.23. The van der Waals surface area contributed by atoms with Gasteiger partial charge in [-0.15, -0.1) is 11.3 Å². The van der Waals surface area contributed by atoms with Crippen LogP contribution in [0.2, 0.25) is 0 Å². The number of thiophene rings is 1. The normalized spacial score (nSPS) is 11.7. The van der Waals surface area contributed by atoms with Gasteiger partial charge in [-0.25, -0.2) is 9.97 Å². The van der Waals surface area contributed by atoms with E-state index in [2.05, 4.69) is 182 Å². The van der Waals surface area contributed by atoms with Gasteiger partial charge in [-0.3, -0.25) is 0 Å². The Morgan fingerprint density at radius 3 is 1.59 bits per heavy atom. The average Bonchev–Trinajstić information content (AvgIpc) is 3.85. The molecular weight excluding hydrogens is 733 g/mol. The molecule has 2 heterocycles. The lowest BCUT2D eigenvalue weighted by Gasteiger charge is -2.17. The van der Waals surface area contributed by atoms with E-state index in [-0.39, 0.29) is 0 Å². The molecule has 0 fully saturated rings. The second kappa shape index (κ2) is 13.6. The van der Waals surface area contributed by atoms with Crippen LogP contribution in [0.1, 0.15) is 0 Å². The molecule has 0 N–H and O–H groups in total. The summed E-state index contributed by atoms with van der Waals surface area (Å²) in [5, 5.41) is 5.17. The van der Waals surface area contributed by atoms with Crippen molar-refractivity contribution in [1.29, 1.82) is 0 Å². The molecule has 2 nitrogen and oxygen atoms in total. The number of hydrogen-bond acceptors (Lipinski definition) is 3. The Balaban J connectivity index is 1.10. The summed E-state index contributed by atoms with van der Waals surface area (Å²) >= 11 is 1.85. The molecule has 11 aromatic rings. The van der Waals surface area contributed by atoms with Crippen molar-refractivity contribution in [3.05, 3.63) is 206 Å². The van der Waals surface area contributed by atoms with Crippen LogP contribution in [-0.2, 0) is 0 Å². The van der Waals surface area contributed by atoms with Crippen LogP contribution in [0.5, 0.6) is 0 Å². The Bertz CT molecular complexity index is 3350. The Hall–Kier alpha value is -7.46. The molecule has 0 saturated heterocycles. The smallest absolute Gasteiger partial charge is 0.160 e. The molecule has 0 aliphatic heterocycles. The Morgan fingerprint density at radius 1 is 0.271 bits per heavy atom. The number of aromatic nitrogens is 2. The first-order valence-corrected chi connectivity index (χ1v) is 20.9. The van der Waals surface area contributed by atoms with Crippen molar-refractivity contribution in [2.45, 2.75) is 0 Å². The fourth-order valence-corrected chi connectivity index (χ4v) is 10.2. The van der Waals surface area contributed by atoms with E-state index >= 15 is 0 Å². The molecule has 0 atom stereocenters. The van der Waals surface area contributed by atoms with E-state index in [1.807, 2.05) is 35.6 Å². The van der Waals surface area contributed by atoms with E-state index in [0.29, 0.717) is 5.82 Å². The number of benzene rings is 9. The molecule has 12 rings (SSSR count). The predicted octanol–water partition coefficient (Wildman–Crippen LogP) is 15.6. The van der Waals surface area contributed by atoms with Crippen LogP contribution in [0.15, 0.2) is 206 Å². The van der Waals surface area contributed by atoms with Crippen LogP contribution < -0.4 is 0 Å². The summed E-state index contributed by atoms with van der Waals surface area (Å²) in [6.07, 6.45) is 0. The van der Waals surface area contributed by atoms with Crippen LogP contribution in [-0.4, -0.2) is 9.97 Å². The fraction of sp³-hybridized carbons (Fsp3) is 0. The Kier molecular flexibility index (Phi) is 7.75. The minimum atomic E-state index is 0.703. The van der Waals surface area contributed by atoms with Crippen LogP contribution in [0, 0.1) is 0 Å². The third-order valence-electron chi connectivity index (χ3n) is 11.8. The highest BCUT2D eigenvalue weighted by atomic mass is 32.1. The molecule has 0 radical (unpaired) electrons. The second-order valence-corrected chi connectivity index (χ2v) is 16.4. The zero-order chi connectivity index (χ0) is 38.9. The molecule has 0 bridgehead atoms. The molecule has 9 aromatic carbocycles. The first-order valence-electron chi connectivity index (χ1n) is 20.1. The van der Waals surface area contributed by atoms with Crippen molar-refractivity contribution in [1.82, 2.24) is 9.97 Å². The summed E-state index contributed by atoms with van der Waals surface area (Å²) in [6.45, 7) is 0. The molecule has 3 heteroatoms. The van der Waals surface area contributed by atoms with Gasteiger partial charge in [0.2, 0.25) is 0 Å². The summed E-state index contributed by atoms with van der Waals surface area (Å²) < 4.78 is 2.60. The van der Waals surface area contributed by atoms with E-state index in [1.54, 1.807) is 0 Å². The summed E-state index contributed by atoms with van der Waals surface area (Å²) in [6, 6.07) is 74.6. The quantitative estimate of drug-likeness (QED) is 0.168. The fourth-order valence-electron chi connectivity index (χ4n) is 9.08. The average molecular weight is 767 g/mol. The van der Waals surface area contributed by atoms with Crippen molar-refractivity contribution >= 4 is 42.3 Å². The Morgan fingerprint density at radius 2 is 0.814 bits per heavy atom. The van der Waals surface area contributed by atoms with Crippen LogP contribution in [0.25, 0.3) is 120 Å². The van der Waals surface area contributed by atoms with Gasteiger partial charge in [0, 0.05) is 36.9 Å². The molecule has 1 aliphatic rings. The molecule has 0 amide bonds. The van der Waals surface area contributed by atoms with Gasteiger partial charge in [0.15, 0.2) is 5.82 Å². The van der Waals surface area contributed by atoms with Crippen molar-refractivity contribution in [3.63, 3.8) is 0 Å². The van der Waals surface area contributed by atoms with E-state index in [0.717, 1.165) is 39.2 Å². The topological polar surface area (TPSA) is 25.8 Å². The van der Waals surface area contributed by atoms with Crippen molar-refractivity contribution in [3.8, 4) is 89.5 Å². The maximum atomic E-state index is 5.31. The monoisotopic (exact) mass is 766 g/mol. The zero-order valence-corrected chi connectivity index (χ0v) is 32.7. The van der Waals surface area contributed by atoms with Crippen molar-refractivity contribution in [2.75, 3.05) is 0 Å². The molecule has 274 valence electrons. The van der Waals surface area contributed by atoms with Gasteiger partial charge < -0.3 is 0 Å². The maximum Gasteiger partial charge on any atom is 0.160 e. The molecule has 1 aliphatic carbocycles. The van der Waals surface area contributed by atoms with Crippen molar-refractivity contribution < 1.29 is 0 Å². The van der Waals surface area contributed by atoms with Crippen LogP contribution >= 0.6 is 11.3 Å². The van der Waals surface area contributed by atoms with E-state index in [4.69, 9.17) is 9.97 Å². The first-order chi connectivity index (χ1) is 29.2. The number of nitrogens with zero attached hydrogens (tertiary/aromatic N) is 2. The number of rotatable bonds is 6. The van der Waals surface area contributed by atoms with Gasteiger partial charge in [0.25, 0.3) is 0 Å². The predicted molar refractivity (Wildman–Crippen MR) is 249 cm³/mol. The molecule has 0 unspecified atom stereocenters. The van der Waals surface area contributed by atoms with Crippen LogP contribution in [0.4, 0.5) is 0 Å². The molecule has 0 saturated carbocycles. The lowest BCUT2D eigenvalue weighted by molar-refractivity contribution is 1.18. The highest BCUT2D eigenvalue weighted by molar-refractivity contribution is 7.25. The zero-order valence-electron chi connectivity index (χ0n) is 31.9. The lowest BCUT2D eigenvalue weighted by atomic mass is 9.87. The van der Waals surface area contributed by atoms with E-state index < -0.39 is 0 Å². The summed E-state index contributed by atoms with van der Waals surface area (Å²) in [5.74, 6) is 0.703. The van der Waals surface area contributed by atoms with Gasteiger partial charge in [-0.1, -0.05) is 164 Å². The second-order valence-electron chi connectivity index (χ2n) is 15.3. The van der Waals surface area contributed by atoms with Crippen LogP contribution in [0.3, 0.4) is 0 Å². The van der Waals surface area contributed by atoms with E-state index in [9.17, 15) is 0 Å². The summed E-state index contributed by atoms with van der Waals surface area (Å²) in [7, 11) is 0. The third-order valence-corrected chi connectivity index (χ3v) is 13.0. The molecule has 59 heavy (non-hydrogen) atoms. The van der Waals surface area contributed by atoms with Gasteiger partial charge in [0.05, 0.1) is 11.4 Å². The van der Waals surface area contributed by atoms with Gasteiger partial charge in [-0.05, 0) is 109 Å². The third kappa shape index (κ3) is 5.62. The molecular formula is C56H34N2S. The largest absolute Gasteiger partial charge is 0.228 e. The summed E-state index contributed by atoms with van der Waals surface area (Å²) in [4.78, 5) is 10.4. The van der Waals surface area contributed by atoms with Gasteiger partial charge in [0.1, 0.15) is 0 Å². The standard InChI is InChI=1S/C56H34N2S/c1-3-14-35(15-4-1)51-34-52(58-56(57-51)36-16-5-2-6-17-36)40-31-38(37-26-29-54-50(33-37)46-22-11-12-25-53(46)59-54)30-39(32-40)41-18-7-8-19-42(41)45-27-28-49-44-21-10-9-20-43(44)47-23-13-24-48(45)55(47)49/h1-34H. The van der Waals surface area contributed by atoms with Crippen molar-refractivity contribution in [2.24, 2.45) is 0 Å². The maximum absolute atomic E-state index is 5.31. The Labute approximate surface area is 346 Å². The molecule has 2 aromatic heterocycles. The summed E-state index contributed by atoms with van der Waals surface area (Å²) in [5.41, 5.74) is 17.1. The first kappa shape index (κ1) is 33.7. The minimum Gasteiger partial charge on any atom is -0.228 e. The molecule has 0 spiro atoms. The SMILES string of the molecule is c1ccc(-c2cc(-c3cc(-c4ccc5sc6ccccc6c5c4)cc(-c4ccccc4-c4ccc5c6c(cccc46)-c4ccccc4-5)c3)nc(-c3ccccc3)n2)cc1. The lowest BCUT2D eigenvalue weighted by Crippen LogP contribution is -1.97. The van der Waals surface area contributed by atoms with Gasteiger partial charge >= 0.3 is 0 Å². The van der Waals surface area contributed by atoms with Gasteiger partial charge in [-0.2, -0.15) is 0 Å².